The largest absolute Gasteiger partial charge is 0.456 e. The molecule has 0 radical (unpaired) electrons. The van der Waals surface area contributed by atoms with E-state index < -0.39 is 0 Å². The molecule has 13 rings (SSSR count). The molecule has 0 fully saturated rings. The lowest BCUT2D eigenvalue weighted by Crippen LogP contribution is -2.36. The fourth-order valence-corrected chi connectivity index (χ4v) is 9.92. The highest BCUT2D eigenvalue weighted by molar-refractivity contribution is 6.22. The Morgan fingerprint density at radius 1 is 0.444 bits per heavy atom. The zero-order valence-corrected chi connectivity index (χ0v) is 34.4. The summed E-state index contributed by atoms with van der Waals surface area (Å²) in [6.45, 7) is 0. The first-order chi connectivity index (χ1) is 31.1. The molecular formula is C58H38N4O. The number of aromatic nitrogens is 1. The first kappa shape index (κ1) is 35.5. The Balaban J connectivity index is 0.986. The molecule has 3 heterocycles. The van der Waals surface area contributed by atoms with Crippen LogP contribution in [-0.2, 0) is 0 Å². The average Bonchev–Trinajstić information content (AvgIpc) is 3.87. The van der Waals surface area contributed by atoms with Crippen molar-refractivity contribution in [1.29, 1.82) is 0 Å². The minimum atomic E-state index is -0.273. The van der Waals surface area contributed by atoms with E-state index in [9.17, 15) is 0 Å². The van der Waals surface area contributed by atoms with E-state index in [4.69, 9.17) is 14.4 Å². The predicted molar refractivity (Wildman–Crippen MR) is 262 cm³/mol. The first-order valence-electron chi connectivity index (χ1n) is 21.5. The van der Waals surface area contributed by atoms with Crippen LogP contribution in [0.1, 0.15) is 22.9 Å². The Hall–Kier alpha value is -8.28. The molecule has 1 unspecified atom stereocenters. The smallest absolute Gasteiger partial charge is 0.159 e. The molecule has 5 heteroatoms. The van der Waals surface area contributed by atoms with Gasteiger partial charge in [-0.25, -0.2) is 9.98 Å². The van der Waals surface area contributed by atoms with E-state index in [-0.39, 0.29) is 6.17 Å². The SMILES string of the molecule is CN1C(c2ccccc2-c2ccccc2)=NC(c2ccc3oc4ccc5cc(-n6c7cc8ccccc8cc7c7cc8ccccc8cc76)ccc5c4c3c2)=NC1c1ccccc1. The number of rotatable bonds is 5. The Morgan fingerprint density at radius 3 is 1.75 bits per heavy atom. The van der Waals surface area contributed by atoms with Crippen molar-refractivity contribution < 1.29 is 4.42 Å². The predicted octanol–water partition coefficient (Wildman–Crippen LogP) is 14.6. The lowest BCUT2D eigenvalue weighted by Gasteiger charge is -2.33. The van der Waals surface area contributed by atoms with Gasteiger partial charge in [-0.1, -0.05) is 146 Å². The molecule has 1 aliphatic rings. The number of fused-ring (bicyclic) bond motifs is 10. The van der Waals surface area contributed by atoms with Crippen molar-refractivity contribution in [2.75, 3.05) is 7.05 Å². The molecule has 0 N–H and O–H groups in total. The van der Waals surface area contributed by atoms with Gasteiger partial charge in [-0.15, -0.1) is 0 Å². The maximum absolute atomic E-state index is 6.58. The topological polar surface area (TPSA) is 46.0 Å². The molecule has 0 saturated heterocycles. The van der Waals surface area contributed by atoms with Gasteiger partial charge >= 0.3 is 0 Å². The average molecular weight is 807 g/mol. The third-order valence-electron chi connectivity index (χ3n) is 13.0. The van der Waals surface area contributed by atoms with Crippen LogP contribution in [0.25, 0.3) is 92.9 Å². The van der Waals surface area contributed by atoms with Gasteiger partial charge in [-0.3, -0.25) is 0 Å². The van der Waals surface area contributed by atoms with Gasteiger partial charge in [0.1, 0.15) is 23.2 Å². The van der Waals surface area contributed by atoms with Gasteiger partial charge in [0.05, 0.1) is 11.0 Å². The van der Waals surface area contributed by atoms with E-state index in [1.54, 1.807) is 0 Å². The molecule has 63 heavy (non-hydrogen) atoms. The molecule has 296 valence electrons. The fourth-order valence-electron chi connectivity index (χ4n) is 9.92. The number of benzene rings is 10. The van der Waals surface area contributed by atoms with Crippen molar-refractivity contribution in [2.24, 2.45) is 9.98 Å². The van der Waals surface area contributed by atoms with E-state index in [0.717, 1.165) is 72.1 Å². The van der Waals surface area contributed by atoms with E-state index in [1.165, 1.54) is 43.4 Å². The minimum absolute atomic E-state index is 0.273. The molecule has 0 bridgehead atoms. The Labute approximate surface area is 363 Å². The van der Waals surface area contributed by atoms with Crippen LogP contribution in [-0.4, -0.2) is 28.2 Å². The quantitative estimate of drug-likeness (QED) is 0.174. The summed E-state index contributed by atoms with van der Waals surface area (Å²) in [5.74, 6) is 1.56. The van der Waals surface area contributed by atoms with Crippen LogP contribution in [0.3, 0.4) is 0 Å². The van der Waals surface area contributed by atoms with Crippen LogP contribution in [0.5, 0.6) is 0 Å². The zero-order chi connectivity index (χ0) is 41.6. The van der Waals surface area contributed by atoms with Crippen molar-refractivity contribution in [3.05, 3.63) is 223 Å². The van der Waals surface area contributed by atoms with Crippen molar-refractivity contribution >= 4 is 87.7 Å². The normalized spacial score (nSPS) is 14.4. The van der Waals surface area contributed by atoms with Crippen LogP contribution in [0.4, 0.5) is 0 Å². The van der Waals surface area contributed by atoms with Gasteiger partial charge in [0.2, 0.25) is 0 Å². The number of hydrogen-bond donors (Lipinski definition) is 0. The zero-order valence-electron chi connectivity index (χ0n) is 34.4. The third kappa shape index (κ3) is 5.63. The number of aliphatic imine (C=N–C) groups is 2. The fraction of sp³-hybridized carbons (Fsp3) is 0.0345. The molecule has 2 aromatic heterocycles. The summed E-state index contributed by atoms with van der Waals surface area (Å²) in [6, 6.07) is 73.8. The summed E-state index contributed by atoms with van der Waals surface area (Å²) in [6.07, 6.45) is -0.273. The number of nitrogens with zero attached hydrogens (tertiary/aromatic N) is 4. The van der Waals surface area contributed by atoms with E-state index in [2.05, 4.69) is 217 Å². The van der Waals surface area contributed by atoms with Gasteiger partial charge in [-0.2, -0.15) is 0 Å². The van der Waals surface area contributed by atoms with Crippen LogP contribution in [0.15, 0.2) is 221 Å². The Bertz CT molecular complexity index is 3780. The molecule has 0 amide bonds. The highest BCUT2D eigenvalue weighted by atomic mass is 16.3. The minimum Gasteiger partial charge on any atom is -0.456 e. The third-order valence-corrected chi connectivity index (χ3v) is 13.0. The first-order valence-corrected chi connectivity index (χ1v) is 21.5. The van der Waals surface area contributed by atoms with E-state index in [1.807, 2.05) is 6.07 Å². The van der Waals surface area contributed by atoms with Gasteiger partial charge in [0.15, 0.2) is 5.84 Å². The van der Waals surface area contributed by atoms with Crippen molar-refractivity contribution in [2.45, 2.75) is 6.17 Å². The molecule has 1 atom stereocenters. The van der Waals surface area contributed by atoms with Gasteiger partial charge in [-0.05, 0) is 110 Å². The summed E-state index contributed by atoms with van der Waals surface area (Å²) < 4.78 is 9.01. The van der Waals surface area contributed by atoms with Crippen molar-refractivity contribution in [3.8, 4) is 16.8 Å². The molecule has 0 spiro atoms. The van der Waals surface area contributed by atoms with Gasteiger partial charge in [0, 0.05) is 45.4 Å². The maximum Gasteiger partial charge on any atom is 0.159 e. The van der Waals surface area contributed by atoms with E-state index in [0.29, 0.717) is 5.84 Å². The van der Waals surface area contributed by atoms with Crippen LogP contribution in [0.2, 0.25) is 0 Å². The molecule has 1 aliphatic heterocycles. The summed E-state index contributed by atoms with van der Waals surface area (Å²) >= 11 is 0. The molecule has 10 aromatic carbocycles. The Kier molecular flexibility index (Phi) is 7.81. The standard InChI is InChI=1S/C58H38N4O/c1-61-57(37-16-6-3-7-17-37)59-56(60-58(61)47-23-13-12-22-45(47)36-14-4-2-5-15-36)43-25-28-53-50(33-43)55-46-27-26-44(30-42(46)24-29-54(55)63-53)62-51-34-40-20-10-8-18-38(40)31-48(51)49-32-39-19-9-11-21-41(39)35-52(49)62/h2-35,57H,1H3. The summed E-state index contributed by atoms with van der Waals surface area (Å²) in [5, 5.41) is 11.8. The second-order valence-corrected chi connectivity index (χ2v) is 16.6. The van der Waals surface area contributed by atoms with Gasteiger partial charge in [0.25, 0.3) is 0 Å². The number of furan rings is 1. The molecule has 0 aliphatic carbocycles. The summed E-state index contributed by atoms with van der Waals surface area (Å²) in [7, 11) is 2.09. The summed E-state index contributed by atoms with van der Waals surface area (Å²) in [4.78, 5) is 12.9. The second-order valence-electron chi connectivity index (χ2n) is 16.6. The number of amidine groups is 2. The van der Waals surface area contributed by atoms with Crippen molar-refractivity contribution in [3.63, 3.8) is 0 Å². The maximum atomic E-state index is 6.58. The monoisotopic (exact) mass is 806 g/mol. The van der Waals surface area contributed by atoms with Crippen LogP contribution < -0.4 is 0 Å². The van der Waals surface area contributed by atoms with Crippen molar-refractivity contribution in [1.82, 2.24) is 9.47 Å². The Morgan fingerprint density at radius 2 is 1.05 bits per heavy atom. The lowest BCUT2D eigenvalue weighted by molar-refractivity contribution is 0.383. The van der Waals surface area contributed by atoms with Crippen LogP contribution >= 0.6 is 0 Å². The lowest BCUT2D eigenvalue weighted by atomic mass is 9.97. The molecule has 5 nitrogen and oxygen atoms in total. The highest BCUT2D eigenvalue weighted by Crippen LogP contribution is 2.41. The van der Waals surface area contributed by atoms with Gasteiger partial charge < -0.3 is 13.9 Å². The molecule has 12 aromatic rings. The second kappa shape index (κ2) is 13.9. The van der Waals surface area contributed by atoms with E-state index >= 15 is 0 Å². The molecule has 0 saturated carbocycles. The molecular weight excluding hydrogens is 769 g/mol. The highest BCUT2D eigenvalue weighted by Gasteiger charge is 2.28. The number of hydrogen-bond acceptors (Lipinski definition) is 4. The summed E-state index contributed by atoms with van der Waals surface area (Å²) in [5.41, 5.74) is 10.5. The van der Waals surface area contributed by atoms with Crippen LogP contribution in [0, 0.1) is 0 Å².